The van der Waals surface area contributed by atoms with Crippen molar-refractivity contribution in [3.63, 3.8) is 0 Å². The van der Waals surface area contributed by atoms with Crippen molar-refractivity contribution in [1.82, 2.24) is 5.32 Å². The van der Waals surface area contributed by atoms with Crippen molar-refractivity contribution in [3.8, 4) is 0 Å². The van der Waals surface area contributed by atoms with Gasteiger partial charge in [0, 0.05) is 12.1 Å². The monoisotopic (exact) mass is 387 g/mol. The number of benzene rings is 1. The zero-order chi connectivity index (χ0) is 16.8. The molecule has 2 rings (SSSR count). The Morgan fingerprint density at radius 3 is 2.67 bits per heavy atom. The highest BCUT2D eigenvalue weighted by atomic mass is 35.5. The van der Waals surface area contributed by atoms with Gasteiger partial charge in [-0.15, -0.1) is 23.7 Å². The summed E-state index contributed by atoms with van der Waals surface area (Å²) in [5, 5.41) is 7.72. The molecule has 0 saturated carbocycles. The van der Waals surface area contributed by atoms with Crippen molar-refractivity contribution in [1.29, 1.82) is 0 Å². The van der Waals surface area contributed by atoms with Gasteiger partial charge in [-0.05, 0) is 42.1 Å². The van der Waals surface area contributed by atoms with Gasteiger partial charge in [0.15, 0.2) is 0 Å². The average molecular weight is 388 g/mol. The van der Waals surface area contributed by atoms with E-state index in [9.17, 15) is 9.59 Å². The van der Waals surface area contributed by atoms with Crippen LogP contribution in [0.2, 0.25) is 5.02 Å². The number of carbonyl (C=O) groups is 2. The van der Waals surface area contributed by atoms with Crippen LogP contribution in [0.25, 0.3) is 0 Å². The van der Waals surface area contributed by atoms with Gasteiger partial charge < -0.3 is 16.4 Å². The van der Waals surface area contributed by atoms with Crippen molar-refractivity contribution < 1.29 is 9.59 Å². The first kappa shape index (κ1) is 20.4. The second-order valence-corrected chi connectivity index (χ2v) is 6.53. The lowest BCUT2D eigenvalue weighted by Crippen LogP contribution is -2.31. The molecular formula is C16H19Cl2N3O2S. The predicted octanol–water partition coefficient (Wildman–Crippen LogP) is 3.40. The van der Waals surface area contributed by atoms with Gasteiger partial charge in [-0.25, -0.2) is 0 Å². The number of carbonyl (C=O) groups excluding carboxylic acids is 2. The Morgan fingerprint density at radius 2 is 2.04 bits per heavy atom. The van der Waals surface area contributed by atoms with Crippen molar-refractivity contribution in [2.45, 2.75) is 6.92 Å². The Balaban J connectivity index is 0.00000288. The number of hydrogen-bond donors (Lipinski definition) is 3. The number of rotatable bonds is 6. The molecule has 1 unspecified atom stereocenters. The van der Waals surface area contributed by atoms with Gasteiger partial charge in [0.05, 0.1) is 15.6 Å². The third kappa shape index (κ3) is 5.49. The summed E-state index contributed by atoms with van der Waals surface area (Å²) in [7, 11) is 0. The van der Waals surface area contributed by atoms with Crippen LogP contribution in [0, 0.1) is 5.92 Å². The van der Waals surface area contributed by atoms with Crippen LogP contribution in [0.3, 0.4) is 0 Å². The van der Waals surface area contributed by atoms with E-state index >= 15 is 0 Å². The highest BCUT2D eigenvalue weighted by Crippen LogP contribution is 2.24. The van der Waals surface area contributed by atoms with E-state index in [4.69, 9.17) is 17.3 Å². The molecule has 1 aromatic carbocycles. The lowest BCUT2D eigenvalue weighted by molar-refractivity contribution is 0.0947. The van der Waals surface area contributed by atoms with Gasteiger partial charge in [-0.2, -0.15) is 0 Å². The molecule has 0 fully saturated rings. The molecule has 1 aromatic heterocycles. The van der Waals surface area contributed by atoms with E-state index in [1.807, 2.05) is 12.3 Å². The number of nitrogens with two attached hydrogens (primary N) is 1. The lowest BCUT2D eigenvalue weighted by atomic mass is 10.1. The molecule has 0 aliphatic rings. The number of amides is 2. The highest BCUT2D eigenvalue weighted by Gasteiger charge is 2.13. The molecule has 8 heteroatoms. The maximum atomic E-state index is 12.1. The van der Waals surface area contributed by atoms with E-state index in [0.717, 1.165) is 0 Å². The number of thiophene rings is 1. The minimum atomic E-state index is -0.254. The quantitative estimate of drug-likeness (QED) is 0.709. The third-order valence-electron chi connectivity index (χ3n) is 3.24. The first-order valence-electron chi connectivity index (χ1n) is 7.14. The number of hydrogen-bond acceptors (Lipinski definition) is 4. The summed E-state index contributed by atoms with van der Waals surface area (Å²) in [6.45, 7) is 2.95. The normalized spacial score (nSPS) is 11.3. The van der Waals surface area contributed by atoms with E-state index in [-0.39, 0.29) is 30.1 Å². The zero-order valence-electron chi connectivity index (χ0n) is 13.0. The maximum absolute atomic E-state index is 12.1. The van der Waals surface area contributed by atoms with E-state index < -0.39 is 0 Å². The smallest absolute Gasteiger partial charge is 0.265 e. The van der Waals surface area contributed by atoms with E-state index in [2.05, 4.69) is 10.6 Å². The minimum absolute atomic E-state index is 0. The van der Waals surface area contributed by atoms with Crippen molar-refractivity contribution in [2.75, 3.05) is 18.4 Å². The van der Waals surface area contributed by atoms with Crippen molar-refractivity contribution in [2.24, 2.45) is 11.7 Å². The molecule has 0 spiro atoms. The molecule has 0 radical (unpaired) electrons. The standard InChI is InChI=1S/C16H18ClN3O2S.ClH/c1-10(8-18)9-19-15(21)11-4-5-12(17)13(7-11)20-16(22)14-3-2-6-23-14;/h2-7,10H,8-9,18H2,1H3,(H,19,21)(H,20,22);1H. The van der Waals surface area contributed by atoms with Crippen LogP contribution in [-0.4, -0.2) is 24.9 Å². The van der Waals surface area contributed by atoms with Crippen LogP contribution in [0.5, 0.6) is 0 Å². The van der Waals surface area contributed by atoms with E-state index in [0.29, 0.717) is 34.2 Å². The van der Waals surface area contributed by atoms with Crippen LogP contribution < -0.4 is 16.4 Å². The fraction of sp³-hybridized carbons (Fsp3) is 0.250. The van der Waals surface area contributed by atoms with Gasteiger partial charge in [0.1, 0.15) is 0 Å². The molecule has 2 aromatic rings. The summed E-state index contributed by atoms with van der Waals surface area (Å²) in [6.07, 6.45) is 0. The molecule has 0 bridgehead atoms. The molecule has 130 valence electrons. The Labute approximate surface area is 156 Å². The Hall–Kier alpha value is -1.60. The average Bonchev–Trinajstić information content (AvgIpc) is 3.08. The van der Waals surface area contributed by atoms with Crippen LogP contribution in [0.4, 0.5) is 5.69 Å². The summed E-state index contributed by atoms with van der Waals surface area (Å²) >= 11 is 7.43. The zero-order valence-corrected chi connectivity index (χ0v) is 15.4. The fourth-order valence-electron chi connectivity index (χ4n) is 1.81. The minimum Gasteiger partial charge on any atom is -0.352 e. The summed E-state index contributed by atoms with van der Waals surface area (Å²) in [6, 6.07) is 8.29. The largest absolute Gasteiger partial charge is 0.352 e. The first-order valence-corrected chi connectivity index (χ1v) is 8.39. The second-order valence-electron chi connectivity index (χ2n) is 5.18. The highest BCUT2D eigenvalue weighted by molar-refractivity contribution is 7.12. The molecule has 1 heterocycles. The van der Waals surface area contributed by atoms with E-state index in [1.54, 1.807) is 30.3 Å². The van der Waals surface area contributed by atoms with Gasteiger partial charge in [-0.3, -0.25) is 9.59 Å². The molecule has 2 amide bonds. The SMILES string of the molecule is CC(CN)CNC(=O)c1ccc(Cl)c(NC(=O)c2cccs2)c1.Cl. The van der Waals surface area contributed by atoms with Crippen LogP contribution in [-0.2, 0) is 0 Å². The molecule has 0 aliphatic heterocycles. The number of anilines is 1. The topological polar surface area (TPSA) is 84.2 Å². The number of halogens is 2. The summed E-state index contributed by atoms with van der Waals surface area (Å²) in [5.74, 6) is -0.283. The van der Waals surface area contributed by atoms with Crippen LogP contribution >= 0.6 is 35.3 Å². The van der Waals surface area contributed by atoms with Crippen LogP contribution in [0.15, 0.2) is 35.7 Å². The van der Waals surface area contributed by atoms with Gasteiger partial charge in [-0.1, -0.05) is 24.6 Å². The molecule has 24 heavy (non-hydrogen) atoms. The van der Waals surface area contributed by atoms with Crippen molar-refractivity contribution >= 4 is 52.8 Å². The van der Waals surface area contributed by atoms with Gasteiger partial charge >= 0.3 is 0 Å². The Morgan fingerprint density at radius 1 is 1.29 bits per heavy atom. The summed E-state index contributed by atoms with van der Waals surface area (Å²) in [4.78, 5) is 24.8. The molecule has 0 aliphatic carbocycles. The fourth-order valence-corrected chi connectivity index (χ4v) is 2.59. The third-order valence-corrected chi connectivity index (χ3v) is 4.43. The Bertz CT molecular complexity index is 693. The molecule has 4 N–H and O–H groups in total. The predicted molar refractivity (Wildman–Crippen MR) is 102 cm³/mol. The van der Waals surface area contributed by atoms with Gasteiger partial charge in [0.2, 0.25) is 0 Å². The molecule has 1 atom stereocenters. The van der Waals surface area contributed by atoms with Crippen molar-refractivity contribution in [3.05, 3.63) is 51.2 Å². The Kier molecular flexibility index (Phi) is 8.21. The maximum Gasteiger partial charge on any atom is 0.265 e. The molecule has 5 nitrogen and oxygen atoms in total. The van der Waals surface area contributed by atoms with Crippen LogP contribution in [0.1, 0.15) is 27.0 Å². The summed E-state index contributed by atoms with van der Waals surface area (Å²) < 4.78 is 0. The second kappa shape index (κ2) is 9.64. The molecular weight excluding hydrogens is 369 g/mol. The first-order chi connectivity index (χ1) is 11.0. The lowest BCUT2D eigenvalue weighted by Gasteiger charge is -2.12. The van der Waals surface area contributed by atoms with E-state index in [1.165, 1.54) is 11.3 Å². The summed E-state index contributed by atoms with van der Waals surface area (Å²) in [5.41, 5.74) is 6.36. The molecule has 0 saturated heterocycles. The number of nitrogens with one attached hydrogen (secondary N) is 2. The van der Waals surface area contributed by atoms with Gasteiger partial charge in [0.25, 0.3) is 11.8 Å².